The lowest BCUT2D eigenvalue weighted by atomic mass is 10.1. The molecule has 0 radical (unpaired) electrons. The first-order valence-corrected chi connectivity index (χ1v) is 30.6. The van der Waals surface area contributed by atoms with Crippen LogP contribution in [0.25, 0.3) is 0 Å². The number of hydrogen-bond donors (Lipinski definition) is 1. The van der Waals surface area contributed by atoms with Crippen molar-refractivity contribution in [1.29, 1.82) is 0 Å². The fourth-order valence-corrected chi connectivity index (χ4v) is 7.24. The Kier molecular flexibility index (Phi) is 118. The topological polar surface area (TPSA) is 37.3 Å². The van der Waals surface area contributed by atoms with Gasteiger partial charge in [0.05, 0.1) is 0 Å². The Morgan fingerprint density at radius 2 is 0.222 bits per heavy atom. The van der Waals surface area contributed by atoms with E-state index in [1.165, 1.54) is 308 Å². The summed E-state index contributed by atoms with van der Waals surface area (Å²) in [5.41, 5.74) is 0. The van der Waals surface area contributed by atoms with Gasteiger partial charge in [-0.05, 0) is 0 Å². The van der Waals surface area contributed by atoms with Gasteiger partial charge in [0.25, 0.3) is 0 Å². The molecule has 0 aliphatic heterocycles. The highest BCUT2D eigenvalue weighted by molar-refractivity contribution is 7.16. The lowest BCUT2D eigenvalue weighted by Gasteiger charge is -1.97. The van der Waals surface area contributed by atoms with Crippen LogP contribution in [-0.2, 0) is 4.57 Å². The molecule has 0 amide bonds. The summed E-state index contributed by atoms with van der Waals surface area (Å²) < 4.78 is 8.46. The van der Waals surface area contributed by atoms with Gasteiger partial charge in [0.1, 0.15) is 0 Å². The molecule has 390 valence electrons. The molecule has 0 aromatic rings. The summed E-state index contributed by atoms with van der Waals surface area (Å²) in [7, 11) is -0.833. The number of rotatable bonds is 42. The molecule has 0 saturated carbocycles. The minimum Gasteiger partial charge on any atom is -0.310 e. The third-order valence-corrected chi connectivity index (χ3v) is 11.7. The molecule has 2 nitrogen and oxygen atoms in total. The van der Waals surface area contributed by atoms with Crippen LogP contribution in [0.5, 0.6) is 0 Å². The molecular formula is C60H133O2P. The first kappa shape index (κ1) is 77.3. The molecule has 0 aliphatic rings. The van der Waals surface area contributed by atoms with Crippen molar-refractivity contribution in [3.63, 3.8) is 0 Å². The zero-order chi connectivity index (χ0) is 48.6. The molecule has 1 N–H and O–H groups in total. The van der Waals surface area contributed by atoms with E-state index in [0.717, 1.165) is 0 Å². The van der Waals surface area contributed by atoms with Gasteiger partial charge in [-0.3, -0.25) is 0 Å². The summed E-state index contributed by atoms with van der Waals surface area (Å²) in [5.74, 6) is 0. The molecule has 0 heterocycles. The highest BCUT2D eigenvalue weighted by Crippen LogP contribution is 2.11. The molecule has 63 heavy (non-hydrogen) atoms. The SMILES string of the molecule is CCCCCCCCCC.CCCCCCCCCC.CCCCCCCCCC.CCCCCCCCCC.CCCCCCCCCC.CCCCCCCCCC.O=PO. The average molecular weight is 918 g/mol. The molecule has 0 rings (SSSR count). The van der Waals surface area contributed by atoms with Gasteiger partial charge in [-0.15, -0.1) is 0 Å². The third kappa shape index (κ3) is 127. The molecule has 0 saturated heterocycles. The van der Waals surface area contributed by atoms with Crippen molar-refractivity contribution in [2.45, 2.75) is 391 Å². The molecule has 0 spiro atoms. The van der Waals surface area contributed by atoms with Crippen LogP contribution in [0.1, 0.15) is 391 Å². The van der Waals surface area contributed by atoms with Gasteiger partial charge in [-0.1, -0.05) is 391 Å². The fraction of sp³-hybridized carbons (Fsp3) is 1.00. The van der Waals surface area contributed by atoms with Crippen molar-refractivity contribution >= 4 is 8.69 Å². The Bertz CT molecular complexity index is 425. The van der Waals surface area contributed by atoms with Crippen LogP contribution in [0.4, 0.5) is 0 Å². The minimum absolute atomic E-state index is 0.833. The Labute approximate surface area is 407 Å². The van der Waals surface area contributed by atoms with Gasteiger partial charge < -0.3 is 4.89 Å². The van der Waals surface area contributed by atoms with Gasteiger partial charge >= 0.3 is 8.69 Å². The maximum Gasteiger partial charge on any atom is 0.324 e. The van der Waals surface area contributed by atoms with Gasteiger partial charge in [0, 0.05) is 0 Å². The van der Waals surface area contributed by atoms with Gasteiger partial charge in [-0.25, -0.2) is 4.57 Å². The van der Waals surface area contributed by atoms with Gasteiger partial charge in [0.2, 0.25) is 0 Å². The number of hydrogen-bond acceptors (Lipinski definition) is 1. The Balaban J connectivity index is -0.000000118. The van der Waals surface area contributed by atoms with E-state index in [0.29, 0.717) is 0 Å². The number of unbranched alkanes of at least 4 members (excludes halogenated alkanes) is 42. The molecule has 0 fully saturated rings. The Morgan fingerprint density at radius 1 is 0.175 bits per heavy atom. The molecule has 3 heteroatoms. The van der Waals surface area contributed by atoms with E-state index in [2.05, 4.69) is 83.1 Å². The van der Waals surface area contributed by atoms with Crippen molar-refractivity contribution in [1.82, 2.24) is 0 Å². The van der Waals surface area contributed by atoms with Crippen LogP contribution < -0.4 is 0 Å². The van der Waals surface area contributed by atoms with Crippen molar-refractivity contribution < 1.29 is 9.46 Å². The maximum absolute atomic E-state index is 8.46. The standard InChI is InChI=1S/6C10H22.HO2P/c6*1-3-5-7-9-10-8-6-4-2;1-3-2/h6*3-10H2,1-2H3;(H,1,2). The lowest BCUT2D eigenvalue weighted by molar-refractivity contribution is 0.524. The minimum atomic E-state index is -0.833. The van der Waals surface area contributed by atoms with Crippen LogP contribution >= 0.6 is 8.69 Å². The summed E-state index contributed by atoms with van der Waals surface area (Å²) in [6.07, 6.45) is 68.8. The van der Waals surface area contributed by atoms with E-state index >= 15 is 0 Å². The maximum atomic E-state index is 8.46. The molecular weight excluding hydrogens is 784 g/mol. The van der Waals surface area contributed by atoms with Gasteiger partial charge in [0.15, 0.2) is 0 Å². The highest BCUT2D eigenvalue weighted by atomic mass is 31.1. The zero-order valence-corrected chi connectivity index (χ0v) is 48.1. The van der Waals surface area contributed by atoms with Crippen LogP contribution in [0.15, 0.2) is 0 Å². The van der Waals surface area contributed by atoms with E-state index in [1.807, 2.05) is 0 Å². The van der Waals surface area contributed by atoms with E-state index in [9.17, 15) is 0 Å². The summed E-state index contributed by atoms with van der Waals surface area (Å²) in [5, 5.41) is 0. The van der Waals surface area contributed by atoms with Crippen molar-refractivity contribution in [2.75, 3.05) is 0 Å². The Morgan fingerprint density at radius 3 is 0.270 bits per heavy atom. The van der Waals surface area contributed by atoms with Crippen LogP contribution in [0.2, 0.25) is 0 Å². The highest BCUT2D eigenvalue weighted by Gasteiger charge is 1.92. The van der Waals surface area contributed by atoms with Crippen molar-refractivity contribution in [3.8, 4) is 0 Å². The summed E-state index contributed by atoms with van der Waals surface area (Å²) in [4.78, 5) is 6.99. The summed E-state index contributed by atoms with van der Waals surface area (Å²) >= 11 is 0. The molecule has 0 atom stereocenters. The smallest absolute Gasteiger partial charge is 0.310 e. The molecule has 0 bridgehead atoms. The zero-order valence-electron chi connectivity index (χ0n) is 47.2. The molecule has 0 aromatic heterocycles. The van der Waals surface area contributed by atoms with Crippen molar-refractivity contribution in [2.24, 2.45) is 0 Å². The first-order chi connectivity index (χ1) is 30.9. The predicted octanol–water partition coefficient (Wildman–Crippen LogP) is 25.1. The summed E-state index contributed by atoms with van der Waals surface area (Å²) in [6, 6.07) is 0. The fourth-order valence-electron chi connectivity index (χ4n) is 7.24. The van der Waals surface area contributed by atoms with E-state index in [4.69, 9.17) is 9.46 Å². The molecule has 0 aliphatic carbocycles. The first-order valence-electron chi connectivity index (χ1n) is 29.9. The predicted molar refractivity (Wildman–Crippen MR) is 300 cm³/mol. The van der Waals surface area contributed by atoms with Crippen LogP contribution in [-0.4, -0.2) is 4.89 Å². The average Bonchev–Trinajstić information content (AvgIpc) is 3.30. The third-order valence-electron chi connectivity index (χ3n) is 11.7. The molecule has 0 aromatic carbocycles. The largest absolute Gasteiger partial charge is 0.324 e. The second-order valence-electron chi connectivity index (χ2n) is 18.8. The second kappa shape index (κ2) is 96.1. The van der Waals surface area contributed by atoms with E-state index in [1.54, 1.807) is 0 Å². The second-order valence-corrected chi connectivity index (χ2v) is 19.0. The quantitative estimate of drug-likeness (QED) is 0.0489. The van der Waals surface area contributed by atoms with E-state index < -0.39 is 8.69 Å². The normalized spacial score (nSPS) is 10.0. The van der Waals surface area contributed by atoms with Gasteiger partial charge in [-0.2, -0.15) is 0 Å². The van der Waals surface area contributed by atoms with Crippen LogP contribution in [0, 0.1) is 0 Å². The molecule has 0 unspecified atom stereocenters. The Hall–Kier alpha value is 0.0600. The summed E-state index contributed by atoms with van der Waals surface area (Å²) in [6.45, 7) is 27.2. The monoisotopic (exact) mass is 917 g/mol. The van der Waals surface area contributed by atoms with E-state index in [-0.39, 0.29) is 0 Å². The van der Waals surface area contributed by atoms with Crippen LogP contribution in [0.3, 0.4) is 0 Å². The van der Waals surface area contributed by atoms with Crippen molar-refractivity contribution in [3.05, 3.63) is 0 Å². The lowest BCUT2D eigenvalue weighted by Crippen LogP contribution is -1.77.